The summed E-state index contributed by atoms with van der Waals surface area (Å²) in [5.74, 6) is 0. The number of rotatable bonds is 4. The lowest BCUT2D eigenvalue weighted by molar-refractivity contribution is 0.235. The Morgan fingerprint density at radius 2 is 1.35 bits per heavy atom. The molecule has 0 amide bonds. The van der Waals surface area contributed by atoms with E-state index in [0.717, 1.165) is 35.1 Å². The lowest BCUT2D eigenvalue weighted by atomic mass is 9.98. The number of H-pyrrole nitrogens is 2. The third-order valence-corrected chi connectivity index (χ3v) is 6.49. The zero-order valence-corrected chi connectivity index (χ0v) is 18.0. The number of para-hydroxylation sites is 1. The van der Waals surface area contributed by atoms with Gasteiger partial charge in [-0.05, 0) is 55.9 Å². The standard InChI is InChI=1S/C26H25N3O2/c1-4-29(5-2)15(3)16-10-8-12-21-24(16)26(31)19-14-22-18(13-23(19)28-21)25(30)17-9-6-7-11-20(17)27-22/h6-15H,4-5H2,1-3H3,(H,27,30)(H,28,31). The first kappa shape index (κ1) is 19.5. The second kappa shape index (κ2) is 7.36. The summed E-state index contributed by atoms with van der Waals surface area (Å²) in [7, 11) is 0. The topological polar surface area (TPSA) is 69.0 Å². The summed E-state index contributed by atoms with van der Waals surface area (Å²) in [6.45, 7) is 8.25. The summed E-state index contributed by atoms with van der Waals surface area (Å²) in [4.78, 5) is 35.8. The Morgan fingerprint density at radius 1 is 0.742 bits per heavy atom. The molecule has 156 valence electrons. The van der Waals surface area contributed by atoms with Crippen molar-refractivity contribution in [2.75, 3.05) is 13.1 Å². The van der Waals surface area contributed by atoms with E-state index in [1.54, 1.807) is 6.07 Å². The van der Waals surface area contributed by atoms with Gasteiger partial charge in [0.15, 0.2) is 10.9 Å². The first-order chi connectivity index (χ1) is 15.0. The quantitative estimate of drug-likeness (QED) is 0.405. The molecule has 0 aliphatic carbocycles. The maximum Gasteiger partial charge on any atom is 0.197 e. The van der Waals surface area contributed by atoms with E-state index in [1.165, 1.54) is 0 Å². The van der Waals surface area contributed by atoms with Gasteiger partial charge < -0.3 is 9.97 Å². The number of aromatic nitrogens is 2. The predicted octanol–water partition coefficient (Wildman–Crippen LogP) is 5.08. The highest BCUT2D eigenvalue weighted by Crippen LogP contribution is 2.28. The van der Waals surface area contributed by atoms with Gasteiger partial charge in [-0.2, -0.15) is 0 Å². The molecule has 0 spiro atoms. The molecule has 0 saturated heterocycles. The smallest absolute Gasteiger partial charge is 0.197 e. The van der Waals surface area contributed by atoms with Crippen molar-refractivity contribution in [2.45, 2.75) is 26.8 Å². The number of benzene rings is 3. The Bertz CT molecular complexity index is 1580. The van der Waals surface area contributed by atoms with Gasteiger partial charge in [-0.25, -0.2) is 0 Å². The van der Waals surface area contributed by atoms with E-state index in [0.29, 0.717) is 27.2 Å². The minimum atomic E-state index is -0.0314. The maximum atomic E-state index is 13.7. The fourth-order valence-electron chi connectivity index (χ4n) is 4.79. The summed E-state index contributed by atoms with van der Waals surface area (Å²) in [6.07, 6.45) is 0. The number of aromatic amines is 2. The predicted molar refractivity (Wildman–Crippen MR) is 129 cm³/mol. The van der Waals surface area contributed by atoms with Crippen LogP contribution in [-0.4, -0.2) is 28.0 Å². The van der Waals surface area contributed by atoms with E-state index in [-0.39, 0.29) is 16.9 Å². The number of fused-ring (bicyclic) bond motifs is 4. The molecule has 1 atom stereocenters. The number of nitrogens with one attached hydrogen (secondary N) is 2. The fourth-order valence-corrected chi connectivity index (χ4v) is 4.79. The van der Waals surface area contributed by atoms with Gasteiger partial charge in [0.1, 0.15) is 0 Å². The van der Waals surface area contributed by atoms with Gasteiger partial charge in [-0.15, -0.1) is 0 Å². The normalized spacial score (nSPS) is 13.0. The second-order valence-electron chi connectivity index (χ2n) is 8.06. The van der Waals surface area contributed by atoms with Crippen LogP contribution in [0.25, 0.3) is 43.6 Å². The lowest BCUT2D eigenvalue weighted by Gasteiger charge is -2.27. The molecule has 0 radical (unpaired) electrons. The van der Waals surface area contributed by atoms with Crippen LogP contribution in [0.2, 0.25) is 0 Å². The van der Waals surface area contributed by atoms with Crippen LogP contribution >= 0.6 is 0 Å². The number of nitrogens with zero attached hydrogens (tertiary/aromatic N) is 1. The molecule has 5 rings (SSSR count). The molecule has 0 bridgehead atoms. The van der Waals surface area contributed by atoms with Crippen LogP contribution in [0.15, 0.2) is 64.2 Å². The molecule has 2 N–H and O–H groups in total. The molecule has 0 aliphatic heterocycles. The molecule has 2 heterocycles. The lowest BCUT2D eigenvalue weighted by Crippen LogP contribution is -2.27. The molecule has 5 nitrogen and oxygen atoms in total. The average Bonchev–Trinajstić information content (AvgIpc) is 2.79. The summed E-state index contributed by atoms with van der Waals surface area (Å²) >= 11 is 0. The Hall–Kier alpha value is -3.44. The molecule has 2 aromatic heterocycles. The van der Waals surface area contributed by atoms with Crippen LogP contribution in [0.1, 0.15) is 32.4 Å². The van der Waals surface area contributed by atoms with E-state index in [1.807, 2.05) is 48.5 Å². The Balaban J connectivity index is 1.87. The monoisotopic (exact) mass is 411 g/mol. The summed E-state index contributed by atoms with van der Waals surface area (Å²) in [5.41, 5.74) is 3.91. The number of hydrogen-bond donors (Lipinski definition) is 2. The second-order valence-corrected chi connectivity index (χ2v) is 8.06. The molecule has 0 aliphatic rings. The minimum absolute atomic E-state index is 0.00531. The first-order valence-corrected chi connectivity index (χ1v) is 10.8. The van der Waals surface area contributed by atoms with E-state index >= 15 is 0 Å². The molecule has 0 saturated carbocycles. The van der Waals surface area contributed by atoms with Gasteiger partial charge in [0.05, 0.1) is 21.9 Å². The molecule has 3 aromatic carbocycles. The highest BCUT2D eigenvalue weighted by molar-refractivity contribution is 6.03. The minimum Gasteiger partial charge on any atom is -0.354 e. The van der Waals surface area contributed by atoms with Crippen LogP contribution in [0.4, 0.5) is 0 Å². The molecular weight excluding hydrogens is 386 g/mol. The van der Waals surface area contributed by atoms with Crippen molar-refractivity contribution in [3.63, 3.8) is 0 Å². The Labute approximate surface area is 179 Å². The molecule has 5 heteroatoms. The summed E-state index contributed by atoms with van der Waals surface area (Å²) in [5, 5.41) is 2.53. The van der Waals surface area contributed by atoms with Crippen molar-refractivity contribution >= 4 is 43.6 Å². The largest absolute Gasteiger partial charge is 0.354 e. The Kier molecular flexibility index (Phi) is 4.63. The third-order valence-electron chi connectivity index (χ3n) is 6.49. The molecular formula is C26H25N3O2. The molecule has 5 aromatic rings. The van der Waals surface area contributed by atoms with Crippen LogP contribution in [0, 0.1) is 0 Å². The van der Waals surface area contributed by atoms with Gasteiger partial charge in [0.25, 0.3) is 0 Å². The fraction of sp³-hybridized carbons (Fsp3) is 0.231. The number of hydrogen-bond acceptors (Lipinski definition) is 3. The van der Waals surface area contributed by atoms with E-state index in [2.05, 4.69) is 35.6 Å². The molecule has 0 fully saturated rings. The van der Waals surface area contributed by atoms with E-state index in [9.17, 15) is 9.59 Å². The van der Waals surface area contributed by atoms with Gasteiger partial charge >= 0.3 is 0 Å². The van der Waals surface area contributed by atoms with Crippen molar-refractivity contribution in [3.8, 4) is 0 Å². The van der Waals surface area contributed by atoms with Crippen LogP contribution in [-0.2, 0) is 0 Å². The van der Waals surface area contributed by atoms with Gasteiger partial charge in [-0.1, -0.05) is 38.1 Å². The zero-order chi connectivity index (χ0) is 21.7. The maximum absolute atomic E-state index is 13.7. The number of pyridine rings is 2. The average molecular weight is 412 g/mol. The van der Waals surface area contributed by atoms with Gasteiger partial charge in [0.2, 0.25) is 0 Å². The van der Waals surface area contributed by atoms with Crippen LogP contribution in [0.3, 0.4) is 0 Å². The van der Waals surface area contributed by atoms with E-state index in [4.69, 9.17) is 0 Å². The molecule has 31 heavy (non-hydrogen) atoms. The van der Waals surface area contributed by atoms with Crippen molar-refractivity contribution in [3.05, 3.63) is 80.6 Å². The molecule has 1 unspecified atom stereocenters. The Morgan fingerprint density at radius 3 is 2.06 bits per heavy atom. The van der Waals surface area contributed by atoms with Gasteiger partial charge in [-0.3, -0.25) is 14.5 Å². The SMILES string of the molecule is CCN(CC)C(C)c1cccc2[nH]c3cc4c(=O)c5ccccc5[nH]c4cc3c(=O)c12. The van der Waals surface area contributed by atoms with Crippen LogP contribution < -0.4 is 10.9 Å². The summed E-state index contributed by atoms with van der Waals surface area (Å²) in [6, 6.07) is 17.2. The van der Waals surface area contributed by atoms with Crippen LogP contribution in [0.5, 0.6) is 0 Å². The first-order valence-electron chi connectivity index (χ1n) is 10.8. The highest BCUT2D eigenvalue weighted by Gasteiger charge is 2.19. The highest BCUT2D eigenvalue weighted by atomic mass is 16.1. The van der Waals surface area contributed by atoms with Gasteiger partial charge in [0, 0.05) is 27.7 Å². The van der Waals surface area contributed by atoms with Crippen molar-refractivity contribution in [2.24, 2.45) is 0 Å². The van der Waals surface area contributed by atoms with Crippen molar-refractivity contribution < 1.29 is 0 Å². The van der Waals surface area contributed by atoms with Crippen molar-refractivity contribution in [1.82, 2.24) is 14.9 Å². The summed E-state index contributed by atoms with van der Waals surface area (Å²) < 4.78 is 0. The zero-order valence-electron chi connectivity index (χ0n) is 18.0. The third kappa shape index (κ3) is 2.96. The van der Waals surface area contributed by atoms with E-state index < -0.39 is 0 Å². The van der Waals surface area contributed by atoms with Crippen molar-refractivity contribution in [1.29, 1.82) is 0 Å².